The number of fused-ring (bicyclic) bond motifs is 1. The minimum absolute atomic E-state index is 0.100. The van der Waals surface area contributed by atoms with Crippen molar-refractivity contribution in [2.45, 2.75) is 23.8 Å². The van der Waals surface area contributed by atoms with Crippen molar-refractivity contribution < 1.29 is 22.4 Å². The van der Waals surface area contributed by atoms with Crippen LogP contribution in [0.4, 0.5) is 0 Å². The fourth-order valence-electron chi connectivity index (χ4n) is 3.86. The van der Waals surface area contributed by atoms with Crippen molar-refractivity contribution in [1.29, 1.82) is 0 Å². The van der Waals surface area contributed by atoms with Gasteiger partial charge in [-0.25, -0.2) is 13.1 Å². The SMILES string of the molecule is COc1c2ccc(C(=O)N3CCC(S(=O)(=O)Cc4ccco4)CC3)cc2nn1C. The monoisotopic (exact) mass is 417 g/mol. The largest absolute Gasteiger partial charge is 0.481 e. The molecule has 9 heteroatoms. The van der Waals surface area contributed by atoms with Crippen LogP contribution in [0.2, 0.25) is 0 Å². The Morgan fingerprint density at radius 2 is 2.03 bits per heavy atom. The number of ether oxygens (including phenoxy) is 1. The number of furan rings is 1. The summed E-state index contributed by atoms with van der Waals surface area (Å²) in [4.78, 5) is 14.6. The first kappa shape index (κ1) is 19.5. The lowest BCUT2D eigenvalue weighted by Gasteiger charge is -2.31. The summed E-state index contributed by atoms with van der Waals surface area (Å²) in [7, 11) is 0.0567. The predicted octanol–water partition coefficient (Wildman–Crippen LogP) is 2.39. The third-order valence-electron chi connectivity index (χ3n) is 5.38. The van der Waals surface area contributed by atoms with E-state index in [0.717, 1.165) is 5.39 Å². The zero-order chi connectivity index (χ0) is 20.6. The zero-order valence-electron chi connectivity index (χ0n) is 16.4. The van der Waals surface area contributed by atoms with Crippen LogP contribution in [-0.2, 0) is 22.6 Å². The molecule has 154 valence electrons. The summed E-state index contributed by atoms with van der Waals surface area (Å²) in [5.74, 6) is 0.874. The number of amides is 1. The predicted molar refractivity (Wildman–Crippen MR) is 108 cm³/mol. The number of piperidine rings is 1. The van der Waals surface area contributed by atoms with E-state index in [9.17, 15) is 13.2 Å². The summed E-state index contributed by atoms with van der Waals surface area (Å²) in [6, 6.07) is 8.68. The average molecular weight is 417 g/mol. The number of aryl methyl sites for hydroxylation is 1. The summed E-state index contributed by atoms with van der Waals surface area (Å²) in [6.45, 7) is 0.814. The van der Waals surface area contributed by atoms with E-state index in [1.165, 1.54) is 6.26 Å². The molecular formula is C20H23N3O5S. The van der Waals surface area contributed by atoms with Crippen LogP contribution in [0.1, 0.15) is 29.0 Å². The Bertz CT molecular complexity index is 1130. The summed E-state index contributed by atoms with van der Waals surface area (Å²) in [5.41, 5.74) is 1.22. The molecule has 1 amide bonds. The van der Waals surface area contributed by atoms with Gasteiger partial charge >= 0.3 is 0 Å². The van der Waals surface area contributed by atoms with E-state index in [0.29, 0.717) is 48.7 Å². The van der Waals surface area contributed by atoms with Crippen LogP contribution in [-0.4, -0.2) is 54.5 Å². The van der Waals surface area contributed by atoms with Crippen molar-refractivity contribution in [3.63, 3.8) is 0 Å². The van der Waals surface area contributed by atoms with Crippen molar-refractivity contribution in [2.75, 3.05) is 20.2 Å². The van der Waals surface area contributed by atoms with Gasteiger partial charge in [0.2, 0.25) is 5.88 Å². The Balaban J connectivity index is 1.44. The average Bonchev–Trinajstić information content (AvgIpc) is 3.32. The van der Waals surface area contributed by atoms with Gasteiger partial charge in [0.15, 0.2) is 9.84 Å². The molecule has 1 aliphatic heterocycles. The molecule has 2 aromatic heterocycles. The maximum atomic E-state index is 12.9. The van der Waals surface area contributed by atoms with Gasteiger partial charge in [0.1, 0.15) is 11.5 Å². The number of hydrogen-bond acceptors (Lipinski definition) is 6. The van der Waals surface area contributed by atoms with E-state index < -0.39 is 15.1 Å². The number of hydrogen-bond donors (Lipinski definition) is 0. The van der Waals surface area contributed by atoms with Gasteiger partial charge in [-0.15, -0.1) is 0 Å². The number of carbonyl (C=O) groups is 1. The molecule has 0 spiro atoms. The van der Waals surface area contributed by atoms with E-state index in [1.54, 1.807) is 48.0 Å². The van der Waals surface area contributed by atoms with Gasteiger partial charge in [0.05, 0.1) is 29.5 Å². The third-order valence-corrected chi connectivity index (χ3v) is 7.55. The number of methoxy groups -OCH3 is 1. The Morgan fingerprint density at radius 3 is 2.69 bits per heavy atom. The second-order valence-electron chi connectivity index (χ2n) is 7.24. The number of carbonyl (C=O) groups excluding carboxylic acids is 1. The minimum Gasteiger partial charge on any atom is -0.481 e. The smallest absolute Gasteiger partial charge is 0.253 e. The van der Waals surface area contributed by atoms with Gasteiger partial charge in [-0.05, 0) is 43.2 Å². The number of sulfone groups is 1. The molecule has 0 atom stereocenters. The second-order valence-corrected chi connectivity index (χ2v) is 9.52. The van der Waals surface area contributed by atoms with Gasteiger partial charge in [-0.1, -0.05) is 0 Å². The first-order chi connectivity index (χ1) is 13.9. The molecule has 3 heterocycles. The van der Waals surface area contributed by atoms with Gasteiger partial charge < -0.3 is 14.1 Å². The van der Waals surface area contributed by atoms with Gasteiger partial charge in [-0.3, -0.25) is 4.79 Å². The maximum Gasteiger partial charge on any atom is 0.253 e. The standard InChI is InChI=1S/C20H23N3O5S/c1-22-20(27-2)17-6-5-14(12-18(17)21-22)19(24)23-9-7-16(8-10-23)29(25,26)13-15-4-3-11-28-15/h3-6,11-12,16H,7-10,13H2,1-2H3. The van der Waals surface area contributed by atoms with E-state index >= 15 is 0 Å². The fraction of sp³-hybridized carbons (Fsp3) is 0.400. The first-order valence-corrected chi connectivity index (χ1v) is 11.1. The molecule has 4 rings (SSSR count). The van der Waals surface area contributed by atoms with E-state index in [2.05, 4.69) is 5.10 Å². The quantitative estimate of drug-likeness (QED) is 0.633. The topological polar surface area (TPSA) is 94.6 Å². The molecule has 1 aliphatic rings. The third kappa shape index (κ3) is 3.74. The molecule has 8 nitrogen and oxygen atoms in total. The van der Waals surface area contributed by atoms with Crippen molar-refractivity contribution in [3.8, 4) is 5.88 Å². The molecule has 0 saturated carbocycles. The van der Waals surface area contributed by atoms with Gasteiger partial charge in [0.25, 0.3) is 5.91 Å². The van der Waals surface area contributed by atoms with Crippen molar-refractivity contribution in [2.24, 2.45) is 7.05 Å². The highest BCUT2D eigenvalue weighted by Gasteiger charge is 2.32. The molecule has 0 N–H and O–H groups in total. The Labute approximate surface area is 169 Å². The first-order valence-electron chi connectivity index (χ1n) is 9.43. The van der Waals surface area contributed by atoms with Crippen molar-refractivity contribution in [3.05, 3.63) is 47.9 Å². The lowest BCUT2D eigenvalue weighted by molar-refractivity contribution is 0.0725. The highest BCUT2D eigenvalue weighted by Crippen LogP contribution is 2.27. The van der Waals surface area contributed by atoms with Crippen LogP contribution < -0.4 is 4.74 Å². The molecule has 3 aromatic rings. The van der Waals surface area contributed by atoms with E-state index in [-0.39, 0.29) is 11.7 Å². The number of likely N-dealkylation sites (tertiary alicyclic amines) is 1. The molecule has 1 fully saturated rings. The molecule has 1 aromatic carbocycles. The van der Waals surface area contributed by atoms with Crippen LogP contribution in [0.15, 0.2) is 41.0 Å². The molecule has 0 aliphatic carbocycles. The molecule has 0 radical (unpaired) electrons. The number of nitrogens with zero attached hydrogens (tertiary/aromatic N) is 3. The number of aromatic nitrogens is 2. The van der Waals surface area contributed by atoms with Crippen LogP contribution in [0, 0.1) is 0 Å². The van der Waals surface area contributed by atoms with Crippen LogP contribution in [0.25, 0.3) is 10.9 Å². The van der Waals surface area contributed by atoms with Gasteiger partial charge in [-0.2, -0.15) is 5.10 Å². The lowest BCUT2D eigenvalue weighted by atomic mass is 10.1. The van der Waals surface area contributed by atoms with Gasteiger partial charge in [0, 0.05) is 25.7 Å². The van der Waals surface area contributed by atoms with Crippen LogP contribution >= 0.6 is 0 Å². The molecule has 29 heavy (non-hydrogen) atoms. The molecule has 0 bridgehead atoms. The summed E-state index contributed by atoms with van der Waals surface area (Å²) in [6.07, 6.45) is 2.32. The van der Waals surface area contributed by atoms with Crippen LogP contribution in [0.5, 0.6) is 5.88 Å². The van der Waals surface area contributed by atoms with Crippen molar-refractivity contribution >= 4 is 26.6 Å². The van der Waals surface area contributed by atoms with Crippen molar-refractivity contribution in [1.82, 2.24) is 14.7 Å². The van der Waals surface area contributed by atoms with E-state index in [1.807, 2.05) is 6.07 Å². The number of rotatable bonds is 5. The highest BCUT2D eigenvalue weighted by atomic mass is 32.2. The lowest BCUT2D eigenvalue weighted by Crippen LogP contribution is -2.42. The number of benzene rings is 1. The van der Waals surface area contributed by atoms with Crippen LogP contribution in [0.3, 0.4) is 0 Å². The summed E-state index contributed by atoms with van der Waals surface area (Å²) >= 11 is 0. The Morgan fingerprint density at radius 1 is 1.28 bits per heavy atom. The highest BCUT2D eigenvalue weighted by molar-refractivity contribution is 7.91. The molecular weight excluding hydrogens is 394 g/mol. The normalized spacial score (nSPS) is 15.7. The molecule has 1 saturated heterocycles. The second kappa shape index (κ2) is 7.55. The Kier molecular flexibility index (Phi) is 5.08. The maximum absolute atomic E-state index is 12.9. The summed E-state index contributed by atoms with van der Waals surface area (Å²) < 4.78 is 37.4. The Hall–Kier alpha value is -2.81. The fourth-order valence-corrected chi connectivity index (χ4v) is 5.59. The summed E-state index contributed by atoms with van der Waals surface area (Å²) in [5, 5.41) is 4.77. The molecule has 0 unspecified atom stereocenters. The zero-order valence-corrected chi connectivity index (χ0v) is 17.2. The van der Waals surface area contributed by atoms with E-state index in [4.69, 9.17) is 9.15 Å². The minimum atomic E-state index is -3.31.